The molecule has 1 amide bonds. The summed E-state index contributed by atoms with van der Waals surface area (Å²) in [6.07, 6.45) is 0. The van der Waals surface area contributed by atoms with Gasteiger partial charge in [-0.05, 0) is 62.7 Å². The Balaban J connectivity index is 1.77. The molecule has 2 heterocycles. The number of hydrogen-bond acceptors (Lipinski definition) is 4. The molecule has 1 aliphatic heterocycles. The van der Waals surface area contributed by atoms with Gasteiger partial charge in [0.1, 0.15) is 11.6 Å². The van der Waals surface area contributed by atoms with Gasteiger partial charge in [-0.2, -0.15) is 5.10 Å². The van der Waals surface area contributed by atoms with E-state index in [9.17, 15) is 9.18 Å². The van der Waals surface area contributed by atoms with Gasteiger partial charge in [0, 0.05) is 24.3 Å². The highest BCUT2D eigenvalue weighted by Crippen LogP contribution is 2.44. The minimum Gasteiger partial charge on any atom is -0.372 e. The molecule has 1 atom stereocenters. The van der Waals surface area contributed by atoms with Crippen LogP contribution in [0.25, 0.3) is 5.69 Å². The first kappa shape index (κ1) is 20.5. The van der Waals surface area contributed by atoms with Crippen molar-refractivity contribution in [2.75, 3.05) is 29.1 Å². The van der Waals surface area contributed by atoms with Crippen molar-refractivity contribution >= 4 is 29.2 Å². The second kappa shape index (κ2) is 8.52. The van der Waals surface area contributed by atoms with E-state index in [-0.39, 0.29) is 17.0 Å². The standard InChI is InChI=1S/C23H25FN4OS/c1-4-27(5-2)18-10-6-16(7-11-18)22-21-15(3)26-28(19-12-8-17(24)9-13-19)23(21)25-20(29)14-30-22/h6-13,22H,4-5,14H2,1-3H3,(H,25,29)/t22-/m0/s1. The Hall–Kier alpha value is -2.80. The van der Waals surface area contributed by atoms with E-state index < -0.39 is 0 Å². The SMILES string of the molecule is CCN(CC)c1ccc([C@@H]2SCC(=O)Nc3c2c(C)nn3-c2ccc(F)cc2)cc1. The van der Waals surface area contributed by atoms with Crippen molar-refractivity contribution in [3.63, 3.8) is 0 Å². The van der Waals surface area contributed by atoms with E-state index in [1.54, 1.807) is 28.6 Å². The van der Waals surface area contributed by atoms with Gasteiger partial charge in [0.15, 0.2) is 0 Å². The molecule has 3 aromatic rings. The average Bonchev–Trinajstić information content (AvgIpc) is 2.95. The first-order chi connectivity index (χ1) is 14.5. The van der Waals surface area contributed by atoms with Crippen molar-refractivity contribution in [2.45, 2.75) is 26.0 Å². The van der Waals surface area contributed by atoms with E-state index in [4.69, 9.17) is 0 Å². The van der Waals surface area contributed by atoms with Crippen LogP contribution in [-0.2, 0) is 4.79 Å². The monoisotopic (exact) mass is 424 g/mol. The van der Waals surface area contributed by atoms with E-state index in [1.807, 2.05) is 6.92 Å². The van der Waals surface area contributed by atoms with Gasteiger partial charge in [0.05, 0.1) is 22.4 Å². The number of benzene rings is 2. The Kier molecular flexibility index (Phi) is 5.81. The third kappa shape index (κ3) is 3.81. The number of fused-ring (bicyclic) bond motifs is 1. The van der Waals surface area contributed by atoms with Crippen LogP contribution in [0, 0.1) is 12.7 Å². The molecule has 0 fully saturated rings. The number of carbonyl (C=O) groups excluding carboxylic acids is 1. The minimum absolute atomic E-state index is 0.0149. The van der Waals surface area contributed by atoms with Gasteiger partial charge < -0.3 is 10.2 Å². The lowest BCUT2D eigenvalue weighted by Crippen LogP contribution is -2.21. The van der Waals surface area contributed by atoms with Gasteiger partial charge in [-0.3, -0.25) is 4.79 Å². The summed E-state index contributed by atoms with van der Waals surface area (Å²) in [7, 11) is 0. The third-order valence-corrected chi connectivity index (χ3v) is 6.67. The Labute approximate surface area is 180 Å². The molecular formula is C23H25FN4OS. The van der Waals surface area contributed by atoms with Crippen molar-refractivity contribution in [1.82, 2.24) is 9.78 Å². The number of hydrogen-bond donors (Lipinski definition) is 1. The fourth-order valence-corrected chi connectivity index (χ4v) is 5.05. The van der Waals surface area contributed by atoms with Crippen LogP contribution >= 0.6 is 11.8 Å². The highest BCUT2D eigenvalue weighted by atomic mass is 32.2. The smallest absolute Gasteiger partial charge is 0.235 e. The molecule has 1 N–H and O–H groups in total. The second-order valence-electron chi connectivity index (χ2n) is 7.24. The van der Waals surface area contributed by atoms with Crippen molar-refractivity contribution in [1.29, 1.82) is 0 Å². The Morgan fingerprint density at radius 3 is 2.43 bits per heavy atom. The number of rotatable bonds is 5. The van der Waals surface area contributed by atoms with Crippen LogP contribution in [0.4, 0.5) is 15.9 Å². The normalized spacial score (nSPS) is 16.0. The third-order valence-electron chi connectivity index (χ3n) is 5.40. The zero-order valence-electron chi connectivity index (χ0n) is 17.4. The van der Waals surface area contributed by atoms with E-state index in [0.717, 1.165) is 29.9 Å². The number of aryl methyl sites for hydroxylation is 1. The van der Waals surface area contributed by atoms with Gasteiger partial charge in [-0.1, -0.05) is 12.1 Å². The molecule has 0 bridgehead atoms. The van der Waals surface area contributed by atoms with E-state index in [2.05, 4.69) is 53.4 Å². The highest BCUT2D eigenvalue weighted by molar-refractivity contribution is 8.00. The number of thioether (sulfide) groups is 1. The number of amides is 1. The van der Waals surface area contributed by atoms with Gasteiger partial charge >= 0.3 is 0 Å². The van der Waals surface area contributed by atoms with Crippen LogP contribution in [0.5, 0.6) is 0 Å². The molecule has 156 valence electrons. The average molecular weight is 425 g/mol. The summed E-state index contributed by atoms with van der Waals surface area (Å²) in [5.41, 5.74) is 4.88. The largest absolute Gasteiger partial charge is 0.372 e. The molecule has 0 aliphatic carbocycles. The lowest BCUT2D eigenvalue weighted by Gasteiger charge is -2.22. The number of halogens is 1. The molecule has 7 heteroatoms. The molecule has 4 rings (SSSR count). The van der Waals surface area contributed by atoms with Crippen LogP contribution in [0.3, 0.4) is 0 Å². The molecule has 5 nitrogen and oxygen atoms in total. The maximum Gasteiger partial charge on any atom is 0.235 e. The summed E-state index contributed by atoms with van der Waals surface area (Å²) in [6, 6.07) is 14.7. The number of nitrogens with zero attached hydrogens (tertiary/aromatic N) is 3. The van der Waals surface area contributed by atoms with E-state index >= 15 is 0 Å². The number of nitrogens with one attached hydrogen (secondary N) is 1. The molecule has 2 aromatic carbocycles. The fraction of sp³-hybridized carbons (Fsp3) is 0.304. The summed E-state index contributed by atoms with van der Waals surface area (Å²) >= 11 is 1.60. The van der Waals surface area contributed by atoms with Crippen molar-refractivity contribution in [3.8, 4) is 5.69 Å². The van der Waals surface area contributed by atoms with E-state index in [0.29, 0.717) is 17.3 Å². The molecule has 30 heavy (non-hydrogen) atoms. The van der Waals surface area contributed by atoms with Crippen molar-refractivity contribution in [3.05, 3.63) is 71.2 Å². The van der Waals surface area contributed by atoms with Gasteiger partial charge in [0.25, 0.3) is 0 Å². The molecule has 0 radical (unpaired) electrons. The van der Waals surface area contributed by atoms with Gasteiger partial charge in [-0.15, -0.1) is 11.8 Å². The number of aromatic nitrogens is 2. The Bertz CT molecular complexity index is 1040. The second-order valence-corrected chi connectivity index (χ2v) is 8.33. The molecule has 0 saturated heterocycles. The minimum atomic E-state index is -0.306. The Morgan fingerprint density at radius 1 is 1.13 bits per heavy atom. The quantitative estimate of drug-likeness (QED) is 0.630. The summed E-state index contributed by atoms with van der Waals surface area (Å²) in [6.45, 7) is 8.17. The van der Waals surface area contributed by atoms with Crippen LogP contribution in [0.15, 0.2) is 48.5 Å². The first-order valence-corrected chi connectivity index (χ1v) is 11.2. The topological polar surface area (TPSA) is 50.2 Å². The summed E-state index contributed by atoms with van der Waals surface area (Å²) in [4.78, 5) is 14.8. The maximum atomic E-state index is 13.4. The first-order valence-electron chi connectivity index (χ1n) is 10.1. The van der Waals surface area contributed by atoms with Gasteiger partial charge in [0.2, 0.25) is 5.91 Å². The van der Waals surface area contributed by atoms with Crippen LogP contribution < -0.4 is 10.2 Å². The molecule has 0 saturated carbocycles. The lowest BCUT2D eigenvalue weighted by molar-refractivity contribution is -0.113. The summed E-state index contributed by atoms with van der Waals surface area (Å²) in [5.74, 6) is 0.651. The number of carbonyl (C=O) groups is 1. The summed E-state index contributed by atoms with van der Waals surface area (Å²) < 4.78 is 15.1. The maximum absolute atomic E-state index is 13.4. The van der Waals surface area contributed by atoms with Crippen LogP contribution in [-0.4, -0.2) is 34.5 Å². The van der Waals surface area contributed by atoms with E-state index in [1.165, 1.54) is 17.8 Å². The lowest BCUT2D eigenvalue weighted by atomic mass is 10.0. The molecule has 0 unspecified atom stereocenters. The fourth-order valence-electron chi connectivity index (χ4n) is 3.86. The van der Waals surface area contributed by atoms with Crippen LogP contribution in [0.1, 0.15) is 35.9 Å². The summed E-state index contributed by atoms with van der Waals surface area (Å²) in [5, 5.41) is 7.67. The zero-order valence-corrected chi connectivity index (χ0v) is 18.2. The Morgan fingerprint density at radius 2 is 1.80 bits per heavy atom. The molecule has 1 aromatic heterocycles. The predicted octanol–water partition coefficient (Wildman–Crippen LogP) is 4.94. The molecular weight excluding hydrogens is 399 g/mol. The van der Waals surface area contributed by atoms with Crippen LogP contribution in [0.2, 0.25) is 0 Å². The molecule has 1 aliphatic rings. The van der Waals surface area contributed by atoms with Crippen molar-refractivity contribution < 1.29 is 9.18 Å². The predicted molar refractivity (Wildman–Crippen MR) is 121 cm³/mol. The van der Waals surface area contributed by atoms with Gasteiger partial charge in [-0.25, -0.2) is 9.07 Å². The highest BCUT2D eigenvalue weighted by Gasteiger charge is 2.30. The zero-order chi connectivity index (χ0) is 21.3. The van der Waals surface area contributed by atoms with Crippen molar-refractivity contribution in [2.24, 2.45) is 0 Å². The number of anilines is 2. The molecule has 0 spiro atoms.